The maximum atomic E-state index is 11.8. The molecule has 4 heteroatoms. The Bertz CT molecular complexity index is 510. The zero-order valence-corrected chi connectivity index (χ0v) is 12.3. The van der Waals surface area contributed by atoms with Gasteiger partial charge in [0.2, 0.25) is 0 Å². The van der Waals surface area contributed by atoms with Crippen LogP contribution in [0.2, 0.25) is 0 Å². The van der Waals surface area contributed by atoms with Crippen molar-refractivity contribution in [2.24, 2.45) is 5.92 Å². The number of hydrogen-bond acceptors (Lipinski definition) is 3. The summed E-state index contributed by atoms with van der Waals surface area (Å²) in [7, 11) is 0. The third kappa shape index (κ3) is 3.38. The fraction of sp³-hybridized carbons (Fsp3) is 0.500. The van der Waals surface area contributed by atoms with Gasteiger partial charge in [0.25, 0.3) is 5.91 Å². The highest BCUT2D eigenvalue weighted by molar-refractivity contribution is 5.94. The number of nitrogens with one attached hydrogen (secondary N) is 1. The Labute approximate surface area is 119 Å². The highest BCUT2D eigenvalue weighted by Crippen LogP contribution is 2.27. The van der Waals surface area contributed by atoms with Gasteiger partial charge in [-0.15, -0.1) is 0 Å². The van der Waals surface area contributed by atoms with Crippen molar-refractivity contribution >= 4 is 17.6 Å². The van der Waals surface area contributed by atoms with Crippen LogP contribution in [0, 0.1) is 26.7 Å². The van der Waals surface area contributed by atoms with E-state index in [0.29, 0.717) is 0 Å². The van der Waals surface area contributed by atoms with Gasteiger partial charge >= 0.3 is 5.97 Å². The molecule has 0 spiro atoms. The Morgan fingerprint density at radius 2 is 1.80 bits per heavy atom. The Morgan fingerprint density at radius 3 is 2.30 bits per heavy atom. The average Bonchev–Trinajstić information content (AvgIpc) is 2.29. The van der Waals surface area contributed by atoms with Gasteiger partial charge in [0.05, 0.1) is 5.92 Å². The quantitative estimate of drug-likeness (QED) is 0.860. The Hall–Kier alpha value is -1.84. The molecule has 0 radical (unpaired) electrons. The van der Waals surface area contributed by atoms with E-state index in [0.717, 1.165) is 41.6 Å². The van der Waals surface area contributed by atoms with Crippen LogP contribution in [0.15, 0.2) is 12.1 Å². The maximum Gasteiger partial charge on any atom is 0.309 e. The molecule has 1 saturated carbocycles. The van der Waals surface area contributed by atoms with Crippen LogP contribution in [0.3, 0.4) is 0 Å². The van der Waals surface area contributed by atoms with Crippen LogP contribution < -0.4 is 5.32 Å². The lowest BCUT2D eigenvalue weighted by Gasteiger charge is -2.23. The van der Waals surface area contributed by atoms with E-state index in [9.17, 15) is 9.59 Å². The minimum Gasteiger partial charge on any atom is -0.455 e. The molecule has 1 N–H and O–H groups in total. The van der Waals surface area contributed by atoms with Crippen LogP contribution in [0.1, 0.15) is 36.0 Å². The molecule has 0 aromatic heterocycles. The van der Waals surface area contributed by atoms with Crippen LogP contribution in [0.25, 0.3) is 0 Å². The van der Waals surface area contributed by atoms with E-state index in [1.165, 1.54) is 0 Å². The standard InChI is InChI=1S/C16H21NO3/c1-10-7-11(2)15(12(3)8-10)17-14(18)9-20-16(19)13-5-4-6-13/h7-8,13H,4-6,9H2,1-3H3,(H,17,18). The third-order valence-corrected chi connectivity index (χ3v) is 3.73. The monoisotopic (exact) mass is 275 g/mol. The number of hydrogen-bond donors (Lipinski definition) is 1. The molecule has 108 valence electrons. The second-order valence-electron chi connectivity index (χ2n) is 5.56. The number of aryl methyl sites for hydroxylation is 3. The third-order valence-electron chi connectivity index (χ3n) is 3.73. The minimum atomic E-state index is -0.285. The van der Waals surface area contributed by atoms with E-state index in [2.05, 4.69) is 5.32 Å². The summed E-state index contributed by atoms with van der Waals surface area (Å²) in [5, 5.41) is 2.82. The summed E-state index contributed by atoms with van der Waals surface area (Å²) in [5.41, 5.74) is 4.00. The van der Waals surface area contributed by atoms with Gasteiger partial charge in [-0.1, -0.05) is 24.1 Å². The summed E-state index contributed by atoms with van der Waals surface area (Å²) in [5.74, 6) is -0.526. The number of ether oxygens (including phenoxy) is 1. The highest BCUT2D eigenvalue weighted by Gasteiger charge is 2.27. The van der Waals surface area contributed by atoms with Gasteiger partial charge in [0.1, 0.15) is 0 Å². The van der Waals surface area contributed by atoms with E-state index in [-0.39, 0.29) is 24.4 Å². The molecule has 0 saturated heterocycles. The lowest BCUT2D eigenvalue weighted by molar-refractivity contribution is -0.154. The Morgan fingerprint density at radius 1 is 1.20 bits per heavy atom. The van der Waals surface area contributed by atoms with Crippen molar-refractivity contribution in [2.45, 2.75) is 40.0 Å². The summed E-state index contributed by atoms with van der Waals surface area (Å²) in [6, 6.07) is 4.03. The molecular weight excluding hydrogens is 254 g/mol. The molecule has 4 nitrogen and oxygen atoms in total. The SMILES string of the molecule is Cc1cc(C)c(NC(=O)COC(=O)C2CCC2)c(C)c1. The van der Waals surface area contributed by atoms with E-state index in [4.69, 9.17) is 4.74 Å². The number of carbonyl (C=O) groups excluding carboxylic acids is 2. The topological polar surface area (TPSA) is 55.4 Å². The summed E-state index contributed by atoms with van der Waals surface area (Å²) >= 11 is 0. The van der Waals surface area contributed by atoms with E-state index >= 15 is 0 Å². The molecule has 20 heavy (non-hydrogen) atoms. The molecule has 0 bridgehead atoms. The van der Waals surface area contributed by atoms with Gasteiger partial charge < -0.3 is 10.1 Å². The summed E-state index contributed by atoms with van der Waals surface area (Å²) in [4.78, 5) is 23.4. The molecule has 0 unspecified atom stereocenters. The highest BCUT2D eigenvalue weighted by atomic mass is 16.5. The fourth-order valence-corrected chi connectivity index (χ4v) is 2.45. The van der Waals surface area contributed by atoms with Gasteiger partial charge in [-0.2, -0.15) is 0 Å². The average molecular weight is 275 g/mol. The minimum absolute atomic E-state index is 0.00523. The van der Waals surface area contributed by atoms with Crippen molar-refractivity contribution in [3.05, 3.63) is 28.8 Å². The van der Waals surface area contributed by atoms with Crippen molar-refractivity contribution in [3.8, 4) is 0 Å². The first kappa shape index (κ1) is 14.6. The fourth-order valence-electron chi connectivity index (χ4n) is 2.45. The first-order valence-corrected chi connectivity index (χ1v) is 7.01. The van der Waals surface area contributed by atoms with Gasteiger partial charge in [-0.05, 0) is 44.7 Å². The van der Waals surface area contributed by atoms with Crippen LogP contribution in [0.5, 0.6) is 0 Å². The molecule has 1 amide bonds. The molecule has 1 aliphatic rings. The molecule has 0 aliphatic heterocycles. The second kappa shape index (κ2) is 6.07. The van der Waals surface area contributed by atoms with Gasteiger partial charge in [-0.3, -0.25) is 9.59 Å². The predicted octanol–water partition coefficient (Wildman–Crippen LogP) is 2.89. The van der Waals surface area contributed by atoms with Crippen molar-refractivity contribution < 1.29 is 14.3 Å². The largest absolute Gasteiger partial charge is 0.455 e. The maximum absolute atomic E-state index is 11.8. The van der Waals surface area contributed by atoms with Gasteiger partial charge in [0, 0.05) is 5.69 Å². The van der Waals surface area contributed by atoms with Crippen molar-refractivity contribution in [3.63, 3.8) is 0 Å². The second-order valence-corrected chi connectivity index (χ2v) is 5.56. The number of anilines is 1. The molecule has 1 aliphatic carbocycles. The molecule has 2 rings (SSSR count). The number of esters is 1. The van der Waals surface area contributed by atoms with E-state index in [1.54, 1.807) is 0 Å². The van der Waals surface area contributed by atoms with Crippen LogP contribution in [-0.2, 0) is 14.3 Å². The molecule has 0 heterocycles. The first-order valence-electron chi connectivity index (χ1n) is 7.01. The number of benzene rings is 1. The molecular formula is C16H21NO3. The lowest BCUT2D eigenvalue weighted by atomic mass is 9.86. The van der Waals surface area contributed by atoms with E-state index < -0.39 is 0 Å². The van der Waals surface area contributed by atoms with Crippen molar-refractivity contribution in [2.75, 3.05) is 11.9 Å². The van der Waals surface area contributed by atoms with E-state index in [1.807, 2.05) is 32.9 Å². The predicted molar refractivity (Wildman–Crippen MR) is 77.6 cm³/mol. The van der Waals surface area contributed by atoms with Gasteiger partial charge in [0.15, 0.2) is 6.61 Å². The lowest BCUT2D eigenvalue weighted by Crippen LogP contribution is -2.28. The summed E-state index contributed by atoms with van der Waals surface area (Å²) in [6.07, 6.45) is 2.85. The summed E-state index contributed by atoms with van der Waals surface area (Å²) < 4.78 is 5.03. The summed E-state index contributed by atoms with van der Waals surface area (Å²) in [6.45, 7) is 5.72. The van der Waals surface area contributed by atoms with Crippen LogP contribution in [0.4, 0.5) is 5.69 Å². The van der Waals surface area contributed by atoms with Crippen LogP contribution >= 0.6 is 0 Å². The van der Waals surface area contributed by atoms with Gasteiger partial charge in [-0.25, -0.2) is 0 Å². The molecule has 0 atom stereocenters. The van der Waals surface area contributed by atoms with Crippen molar-refractivity contribution in [1.82, 2.24) is 0 Å². The number of amides is 1. The normalized spacial score (nSPS) is 14.6. The smallest absolute Gasteiger partial charge is 0.309 e. The Balaban J connectivity index is 1.89. The van der Waals surface area contributed by atoms with Crippen LogP contribution in [-0.4, -0.2) is 18.5 Å². The van der Waals surface area contributed by atoms with Crippen molar-refractivity contribution in [1.29, 1.82) is 0 Å². The molecule has 1 fully saturated rings. The number of carbonyl (C=O) groups is 2. The number of rotatable bonds is 4. The Kier molecular flexibility index (Phi) is 4.42. The zero-order chi connectivity index (χ0) is 14.7. The molecule has 1 aromatic rings. The zero-order valence-electron chi connectivity index (χ0n) is 12.3. The first-order chi connectivity index (χ1) is 9.47. The molecule has 1 aromatic carbocycles.